The van der Waals surface area contributed by atoms with Crippen LogP contribution in [0.15, 0.2) is 22.7 Å². The van der Waals surface area contributed by atoms with Gasteiger partial charge in [0.1, 0.15) is 0 Å². The number of hydrogen-bond acceptors (Lipinski definition) is 3. The van der Waals surface area contributed by atoms with Crippen LogP contribution in [0.2, 0.25) is 0 Å². The van der Waals surface area contributed by atoms with Crippen molar-refractivity contribution in [3.05, 3.63) is 28.2 Å². The first kappa shape index (κ1) is 14.4. The Morgan fingerprint density at radius 2 is 1.95 bits per heavy atom. The van der Waals surface area contributed by atoms with Crippen LogP contribution >= 0.6 is 15.9 Å². The van der Waals surface area contributed by atoms with E-state index in [1.807, 2.05) is 0 Å². The van der Waals surface area contributed by atoms with Crippen molar-refractivity contribution in [3.8, 4) is 0 Å². The van der Waals surface area contributed by atoms with E-state index >= 15 is 0 Å². The maximum atomic E-state index is 9.21. The van der Waals surface area contributed by atoms with Crippen LogP contribution in [-0.2, 0) is 6.54 Å². The van der Waals surface area contributed by atoms with Crippen LogP contribution in [-0.4, -0.2) is 30.8 Å². The van der Waals surface area contributed by atoms with Crippen molar-refractivity contribution in [2.24, 2.45) is 5.92 Å². The van der Waals surface area contributed by atoms with Crippen LogP contribution < -0.4 is 10.2 Å². The van der Waals surface area contributed by atoms with Gasteiger partial charge in [0, 0.05) is 36.8 Å². The lowest BCUT2D eigenvalue weighted by atomic mass is 9.97. The van der Waals surface area contributed by atoms with Crippen LogP contribution in [0, 0.1) is 5.92 Å². The van der Waals surface area contributed by atoms with Gasteiger partial charge in [-0.05, 0) is 65.2 Å². The van der Waals surface area contributed by atoms with E-state index < -0.39 is 0 Å². The first-order valence-corrected chi connectivity index (χ1v) is 8.43. The Kier molecular flexibility index (Phi) is 4.64. The lowest BCUT2D eigenvalue weighted by Gasteiger charge is -2.33. The number of halogens is 1. The molecule has 1 aromatic rings. The monoisotopic (exact) mass is 338 g/mol. The molecule has 0 amide bonds. The minimum Gasteiger partial charge on any atom is -0.396 e. The van der Waals surface area contributed by atoms with E-state index in [-0.39, 0.29) is 0 Å². The lowest BCUT2D eigenvalue weighted by molar-refractivity contribution is 0.203. The number of nitrogens with one attached hydrogen (secondary N) is 1. The summed E-state index contributed by atoms with van der Waals surface area (Å²) in [4.78, 5) is 2.42. The van der Waals surface area contributed by atoms with Gasteiger partial charge in [-0.25, -0.2) is 0 Å². The predicted molar refractivity (Wildman–Crippen MR) is 86.0 cm³/mol. The number of rotatable bonds is 5. The van der Waals surface area contributed by atoms with Crippen LogP contribution in [0.25, 0.3) is 0 Å². The van der Waals surface area contributed by atoms with Crippen LogP contribution in [0.1, 0.15) is 31.2 Å². The van der Waals surface area contributed by atoms with E-state index in [9.17, 15) is 5.11 Å². The number of aliphatic hydroxyl groups excluding tert-OH is 1. The van der Waals surface area contributed by atoms with Crippen molar-refractivity contribution in [2.75, 3.05) is 24.6 Å². The molecule has 110 valence electrons. The number of anilines is 1. The third kappa shape index (κ3) is 3.54. The molecule has 1 aromatic carbocycles. The number of nitrogens with zero attached hydrogens (tertiary/aromatic N) is 1. The highest BCUT2D eigenvalue weighted by Crippen LogP contribution is 2.31. The Labute approximate surface area is 129 Å². The highest BCUT2D eigenvalue weighted by atomic mass is 79.9. The predicted octanol–water partition coefficient (Wildman–Crippen LogP) is 2.91. The molecule has 3 nitrogen and oxygen atoms in total. The second kappa shape index (κ2) is 6.46. The van der Waals surface area contributed by atoms with Gasteiger partial charge in [-0.1, -0.05) is 6.07 Å². The summed E-state index contributed by atoms with van der Waals surface area (Å²) in [5, 5.41) is 12.8. The van der Waals surface area contributed by atoms with E-state index in [4.69, 9.17) is 0 Å². The quantitative estimate of drug-likeness (QED) is 0.866. The van der Waals surface area contributed by atoms with E-state index in [1.165, 1.54) is 28.6 Å². The third-order valence-electron chi connectivity index (χ3n) is 4.40. The van der Waals surface area contributed by atoms with Crippen LogP contribution in [0.5, 0.6) is 0 Å². The SMILES string of the molecule is OCC1CCN(c2ccc(CNC3CC3)cc2Br)CC1. The standard InChI is InChI=1S/C16H23BrN2O/c17-15-9-13(10-18-14-2-3-14)1-4-16(15)19-7-5-12(11-20)6-8-19/h1,4,9,12,14,18,20H,2-3,5-8,10-11H2. The molecule has 3 rings (SSSR count). The van der Waals surface area contributed by atoms with Crippen LogP contribution in [0.3, 0.4) is 0 Å². The Morgan fingerprint density at radius 1 is 1.20 bits per heavy atom. The van der Waals surface area contributed by atoms with Crippen molar-refractivity contribution < 1.29 is 5.11 Å². The van der Waals surface area contributed by atoms with Crippen LogP contribution in [0.4, 0.5) is 5.69 Å². The van der Waals surface area contributed by atoms with Gasteiger partial charge in [-0.15, -0.1) is 0 Å². The Bertz CT molecular complexity index is 454. The second-order valence-electron chi connectivity index (χ2n) is 6.05. The van der Waals surface area contributed by atoms with Gasteiger partial charge in [-0.3, -0.25) is 0 Å². The molecule has 1 saturated carbocycles. The first-order chi connectivity index (χ1) is 9.76. The fraction of sp³-hybridized carbons (Fsp3) is 0.625. The van der Waals surface area contributed by atoms with Crippen molar-refractivity contribution in [1.82, 2.24) is 5.32 Å². The Hall–Kier alpha value is -0.580. The zero-order valence-corrected chi connectivity index (χ0v) is 13.4. The molecule has 0 bridgehead atoms. The molecular formula is C16H23BrN2O. The number of hydrogen-bond donors (Lipinski definition) is 2. The first-order valence-electron chi connectivity index (χ1n) is 7.64. The smallest absolute Gasteiger partial charge is 0.0510 e. The van der Waals surface area contributed by atoms with Gasteiger partial charge in [-0.2, -0.15) is 0 Å². The molecule has 4 heteroatoms. The van der Waals surface area contributed by atoms with Gasteiger partial charge in [0.05, 0.1) is 5.69 Å². The highest BCUT2D eigenvalue weighted by molar-refractivity contribution is 9.10. The van der Waals surface area contributed by atoms with Gasteiger partial charge < -0.3 is 15.3 Å². The second-order valence-corrected chi connectivity index (χ2v) is 6.91. The molecule has 0 aromatic heterocycles. The van der Waals surface area contributed by atoms with Gasteiger partial charge in [0.2, 0.25) is 0 Å². The summed E-state index contributed by atoms with van der Waals surface area (Å²) < 4.78 is 1.19. The zero-order valence-electron chi connectivity index (χ0n) is 11.8. The third-order valence-corrected chi connectivity index (χ3v) is 5.03. The Balaban J connectivity index is 1.61. The summed E-state index contributed by atoms with van der Waals surface area (Å²) in [5.41, 5.74) is 2.63. The van der Waals surface area contributed by atoms with Gasteiger partial charge in [0.15, 0.2) is 0 Å². The molecule has 2 N–H and O–H groups in total. The molecule has 1 aliphatic carbocycles. The maximum Gasteiger partial charge on any atom is 0.0510 e. The van der Waals surface area contributed by atoms with Crippen molar-refractivity contribution >= 4 is 21.6 Å². The molecule has 1 heterocycles. The lowest BCUT2D eigenvalue weighted by Crippen LogP contribution is -2.34. The molecule has 0 radical (unpaired) electrons. The normalized spacial score (nSPS) is 20.4. The largest absolute Gasteiger partial charge is 0.396 e. The van der Waals surface area contributed by atoms with E-state index in [1.54, 1.807) is 0 Å². The van der Waals surface area contributed by atoms with E-state index in [2.05, 4.69) is 44.3 Å². The summed E-state index contributed by atoms with van der Waals surface area (Å²) in [6.45, 7) is 3.39. The summed E-state index contributed by atoms with van der Waals surface area (Å²) in [6, 6.07) is 7.45. The summed E-state index contributed by atoms with van der Waals surface area (Å²) in [5.74, 6) is 0.493. The highest BCUT2D eigenvalue weighted by Gasteiger charge is 2.21. The molecule has 20 heavy (non-hydrogen) atoms. The zero-order chi connectivity index (χ0) is 13.9. The average Bonchev–Trinajstić information content (AvgIpc) is 3.30. The fourth-order valence-corrected chi connectivity index (χ4v) is 3.50. The number of aliphatic hydroxyl groups is 1. The molecule has 1 aliphatic heterocycles. The summed E-state index contributed by atoms with van der Waals surface area (Å²) in [6.07, 6.45) is 4.85. The van der Waals surface area contributed by atoms with Gasteiger partial charge >= 0.3 is 0 Å². The van der Waals surface area contributed by atoms with E-state index in [0.717, 1.165) is 38.5 Å². The topological polar surface area (TPSA) is 35.5 Å². The minimum absolute atomic E-state index is 0.334. The van der Waals surface area contributed by atoms with E-state index in [0.29, 0.717) is 12.5 Å². The molecule has 0 atom stereocenters. The fourth-order valence-electron chi connectivity index (χ4n) is 2.82. The Morgan fingerprint density at radius 3 is 2.55 bits per heavy atom. The average molecular weight is 339 g/mol. The maximum absolute atomic E-state index is 9.21. The molecule has 1 saturated heterocycles. The summed E-state index contributed by atoms with van der Waals surface area (Å²) >= 11 is 3.72. The number of piperidine rings is 1. The van der Waals surface area contributed by atoms with Crippen molar-refractivity contribution in [1.29, 1.82) is 0 Å². The number of benzene rings is 1. The van der Waals surface area contributed by atoms with Crippen molar-refractivity contribution in [3.63, 3.8) is 0 Å². The minimum atomic E-state index is 0.334. The molecule has 0 spiro atoms. The molecule has 0 unspecified atom stereocenters. The summed E-state index contributed by atoms with van der Waals surface area (Å²) in [7, 11) is 0. The molecule has 2 aliphatic rings. The van der Waals surface area contributed by atoms with Gasteiger partial charge in [0.25, 0.3) is 0 Å². The molecular weight excluding hydrogens is 316 g/mol. The van der Waals surface area contributed by atoms with Crippen molar-refractivity contribution in [2.45, 2.75) is 38.3 Å². The molecule has 2 fully saturated rings.